The second-order valence-corrected chi connectivity index (χ2v) is 7.74. The van der Waals surface area contributed by atoms with Gasteiger partial charge in [0.15, 0.2) is 0 Å². The zero-order valence-corrected chi connectivity index (χ0v) is 20.8. The monoisotopic (exact) mass is 480 g/mol. The zero-order valence-electron chi connectivity index (χ0n) is 20.8. The molecule has 0 fully saturated rings. The standard InChI is InChI=1S/C19H17N5O3.C5H13N.C2H6/c20-8-16(25)21-9-17(26)22-12-5-6-15-11(7-12)10-24-18(23-15)13-3-1-2-4-14(13)19(24)27;1-2-3-4-5-6;1-2/h1-7H,8-10,20H2,(H,21,25)(H,22,26);2-6H2,1H3;1-2H3. The molecule has 9 heteroatoms. The molecule has 0 bridgehead atoms. The first-order valence-electron chi connectivity index (χ1n) is 12.1. The van der Waals surface area contributed by atoms with Crippen molar-refractivity contribution in [2.75, 3.05) is 25.0 Å². The highest BCUT2D eigenvalue weighted by Gasteiger charge is 2.36. The van der Waals surface area contributed by atoms with Gasteiger partial charge in [0.1, 0.15) is 5.84 Å². The number of amidine groups is 1. The molecule has 0 spiro atoms. The van der Waals surface area contributed by atoms with E-state index >= 15 is 0 Å². The molecule has 4 rings (SSSR count). The number of hydrogen-bond donors (Lipinski definition) is 4. The van der Waals surface area contributed by atoms with Crippen LogP contribution in [0.1, 0.15) is 61.5 Å². The first-order valence-corrected chi connectivity index (χ1v) is 12.1. The molecule has 2 aromatic rings. The van der Waals surface area contributed by atoms with E-state index in [1.54, 1.807) is 29.2 Å². The number of hydrogen-bond acceptors (Lipinski definition) is 6. The molecular weight excluding hydrogens is 444 g/mol. The summed E-state index contributed by atoms with van der Waals surface area (Å²) in [5.41, 5.74) is 14.1. The van der Waals surface area contributed by atoms with Gasteiger partial charge in [-0.3, -0.25) is 19.3 Å². The third-order valence-electron chi connectivity index (χ3n) is 5.26. The van der Waals surface area contributed by atoms with E-state index in [4.69, 9.17) is 11.5 Å². The molecule has 9 nitrogen and oxygen atoms in total. The first-order chi connectivity index (χ1) is 17.0. The minimum atomic E-state index is -0.399. The van der Waals surface area contributed by atoms with Crippen molar-refractivity contribution >= 4 is 34.9 Å². The fraction of sp³-hybridized carbons (Fsp3) is 0.385. The Morgan fingerprint density at radius 1 is 1.03 bits per heavy atom. The van der Waals surface area contributed by atoms with Crippen molar-refractivity contribution in [3.8, 4) is 0 Å². The molecule has 0 aliphatic carbocycles. The van der Waals surface area contributed by atoms with E-state index in [2.05, 4.69) is 22.5 Å². The number of nitrogens with two attached hydrogens (primary N) is 2. The molecule has 0 unspecified atom stereocenters. The molecule has 2 aliphatic heterocycles. The van der Waals surface area contributed by atoms with Crippen LogP contribution in [0.2, 0.25) is 0 Å². The lowest BCUT2D eigenvalue weighted by Gasteiger charge is -2.23. The van der Waals surface area contributed by atoms with Gasteiger partial charge in [-0.1, -0.05) is 51.8 Å². The van der Waals surface area contributed by atoms with Crippen LogP contribution < -0.4 is 22.1 Å². The van der Waals surface area contributed by atoms with E-state index in [9.17, 15) is 14.4 Å². The SMILES string of the molecule is CC.CCCCCN.NCC(=O)NCC(=O)Nc1ccc2c(c1)CN1C(=O)c3ccccc3C1=N2. The van der Waals surface area contributed by atoms with Crippen molar-refractivity contribution in [3.05, 3.63) is 59.2 Å². The van der Waals surface area contributed by atoms with E-state index in [1.807, 2.05) is 32.0 Å². The fourth-order valence-corrected chi connectivity index (χ4v) is 3.55. The third kappa shape index (κ3) is 7.21. The Morgan fingerprint density at radius 3 is 2.37 bits per heavy atom. The summed E-state index contributed by atoms with van der Waals surface area (Å²) >= 11 is 0. The van der Waals surface area contributed by atoms with Crippen molar-refractivity contribution in [2.24, 2.45) is 16.5 Å². The summed E-state index contributed by atoms with van der Waals surface area (Å²) in [5, 5.41) is 5.12. The average molecular weight is 481 g/mol. The molecule has 35 heavy (non-hydrogen) atoms. The quantitative estimate of drug-likeness (QED) is 0.451. The van der Waals surface area contributed by atoms with Crippen LogP contribution in [0.5, 0.6) is 0 Å². The van der Waals surface area contributed by atoms with Gasteiger partial charge in [0, 0.05) is 11.3 Å². The van der Waals surface area contributed by atoms with Crippen LogP contribution in [-0.2, 0) is 16.1 Å². The molecule has 0 radical (unpaired) electrons. The Morgan fingerprint density at radius 2 is 1.74 bits per heavy atom. The molecule has 0 aromatic heterocycles. The van der Waals surface area contributed by atoms with Crippen LogP contribution in [0.25, 0.3) is 0 Å². The van der Waals surface area contributed by atoms with E-state index in [-0.39, 0.29) is 24.9 Å². The van der Waals surface area contributed by atoms with Gasteiger partial charge in [0.05, 0.1) is 30.9 Å². The molecule has 3 amide bonds. The van der Waals surface area contributed by atoms with Crippen molar-refractivity contribution in [2.45, 2.75) is 46.6 Å². The highest BCUT2D eigenvalue weighted by atomic mass is 16.2. The van der Waals surface area contributed by atoms with Gasteiger partial charge >= 0.3 is 0 Å². The molecular formula is C26H36N6O3. The number of fused-ring (bicyclic) bond motifs is 4. The summed E-state index contributed by atoms with van der Waals surface area (Å²) in [5.74, 6) is -0.177. The number of benzene rings is 2. The minimum absolute atomic E-state index is 0.0751. The number of carbonyl (C=O) groups excluding carboxylic acids is 3. The summed E-state index contributed by atoms with van der Waals surface area (Å²) in [6.45, 7) is 7.09. The van der Waals surface area contributed by atoms with Crippen LogP contribution in [0.4, 0.5) is 11.4 Å². The van der Waals surface area contributed by atoms with Crippen LogP contribution in [-0.4, -0.2) is 48.1 Å². The van der Waals surface area contributed by atoms with Gasteiger partial charge in [-0.25, -0.2) is 4.99 Å². The molecule has 2 aromatic carbocycles. The van der Waals surface area contributed by atoms with Crippen LogP contribution >= 0.6 is 0 Å². The van der Waals surface area contributed by atoms with Crippen molar-refractivity contribution in [1.82, 2.24) is 10.2 Å². The number of carbonyl (C=O) groups is 3. The molecule has 0 saturated heterocycles. The Bertz CT molecular complexity index is 1060. The smallest absolute Gasteiger partial charge is 0.260 e. The van der Waals surface area contributed by atoms with Crippen LogP contribution in [0.3, 0.4) is 0 Å². The normalized spacial score (nSPS) is 12.5. The van der Waals surface area contributed by atoms with Crippen molar-refractivity contribution in [3.63, 3.8) is 0 Å². The van der Waals surface area contributed by atoms with E-state index in [1.165, 1.54) is 19.3 Å². The van der Waals surface area contributed by atoms with E-state index < -0.39 is 5.91 Å². The maximum Gasteiger partial charge on any atom is 0.260 e. The van der Waals surface area contributed by atoms with Crippen LogP contribution in [0.15, 0.2) is 47.5 Å². The number of nitrogens with one attached hydrogen (secondary N) is 2. The molecule has 188 valence electrons. The van der Waals surface area contributed by atoms with E-state index in [0.717, 1.165) is 23.4 Å². The molecule has 0 saturated carbocycles. The summed E-state index contributed by atoms with van der Waals surface area (Å²) < 4.78 is 0. The van der Waals surface area contributed by atoms with Crippen molar-refractivity contribution < 1.29 is 14.4 Å². The van der Waals surface area contributed by atoms with E-state index in [0.29, 0.717) is 23.6 Å². The maximum absolute atomic E-state index is 12.6. The number of unbranched alkanes of at least 4 members (excludes halogenated alkanes) is 2. The number of aliphatic imine (C=N–C) groups is 1. The zero-order chi connectivity index (χ0) is 25.8. The predicted molar refractivity (Wildman–Crippen MR) is 140 cm³/mol. The highest BCUT2D eigenvalue weighted by molar-refractivity contribution is 6.24. The Labute approximate surface area is 207 Å². The van der Waals surface area contributed by atoms with Crippen molar-refractivity contribution in [1.29, 1.82) is 0 Å². The largest absolute Gasteiger partial charge is 0.346 e. The lowest BCUT2D eigenvalue weighted by Crippen LogP contribution is -2.36. The molecule has 2 aliphatic rings. The lowest BCUT2D eigenvalue weighted by molar-refractivity contribution is -0.123. The first kappa shape index (κ1) is 27.7. The van der Waals surface area contributed by atoms with Crippen LogP contribution in [0, 0.1) is 0 Å². The highest BCUT2D eigenvalue weighted by Crippen LogP contribution is 2.35. The van der Waals surface area contributed by atoms with Gasteiger partial charge in [-0.05, 0) is 42.8 Å². The maximum atomic E-state index is 12.6. The fourth-order valence-electron chi connectivity index (χ4n) is 3.55. The molecule has 0 atom stereocenters. The lowest BCUT2D eigenvalue weighted by atomic mass is 10.1. The number of amides is 3. The second-order valence-electron chi connectivity index (χ2n) is 7.74. The molecule has 6 N–H and O–H groups in total. The number of rotatable bonds is 7. The molecule has 2 heterocycles. The van der Waals surface area contributed by atoms with Gasteiger partial charge in [-0.15, -0.1) is 0 Å². The third-order valence-corrected chi connectivity index (χ3v) is 5.26. The number of anilines is 1. The number of nitrogens with zero attached hydrogens (tertiary/aromatic N) is 2. The predicted octanol–water partition coefficient (Wildman–Crippen LogP) is 2.91. The summed E-state index contributed by atoms with van der Waals surface area (Å²) in [6, 6.07) is 12.7. The summed E-state index contributed by atoms with van der Waals surface area (Å²) in [7, 11) is 0. The van der Waals surface area contributed by atoms with Gasteiger partial charge in [-0.2, -0.15) is 0 Å². The topological polar surface area (TPSA) is 143 Å². The minimum Gasteiger partial charge on any atom is -0.346 e. The second kappa shape index (κ2) is 14.0. The Hall–Kier alpha value is -3.56. The Kier molecular flexibility index (Phi) is 11.1. The summed E-state index contributed by atoms with van der Waals surface area (Å²) in [4.78, 5) is 41.9. The van der Waals surface area contributed by atoms with Gasteiger partial charge in [0.2, 0.25) is 11.8 Å². The van der Waals surface area contributed by atoms with Gasteiger partial charge < -0.3 is 22.1 Å². The average Bonchev–Trinajstić information content (AvgIpc) is 3.17. The summed E-state index contributed by atoms with van der Waals surface area (Å²) in [6.07, 6.45) is 3.75. The van der Waals surface area contributed by atoms with Gasteiger partial charge in [0.25, 0.3) is 5.91 Å². The Balaban J connectivity index is 0.000000474.